The van der Waals surface area contributed by atoms with Crippen LogP contribution in [0.2, 0.25) is 0 Å². The van der Waals surface area contributed by atoms with Crippen LogP contribution in [0.4, 0.5) is 0 Å². The average Bonchev–Trinajstić information content (AvgIpc) is 3.06. The number of hydrogen-bond donors (Lipinski definition) is 1. The lowest BCUT2D eigenvalue weighted by atomic mass is 9.89. The standard InChI is InChI=1S/C19H25N3O2/c1-14(15-6-4-3-5-7-15)19(24)22-11-8-16(9-12-22)17(23)18-20-10-13-21(18)2/h3-7,10,13-14,16-17,23H,8-9,11-12H2,1-2H3/t14-,17-/m1/s1. The van der Waals surface area contributed by atoms with Gasteiger partial charge in [-0.15, -0.1) is 0 Å². The molecule has 128 valence electrons. The Labute approximate surface area is 142 Å². The number of imidazole rings is 1. The summed E-state index contributed by atoms with van der Waals surface area (Å²) in [6.07, 6.45) is 4.61. The maximum Gasteiger partial charge on any atom is 0.229 e. The maximum atomic E-state index is 12.7. The third-order valence-electron chi connectivity index (χ3n) is 5.09. The van der Waals surface area contributed by atoms with Crippen molar-refractivity contribution in [2.24, 2.45) is 13.0 Å². The highest BCUT2D eigenvalue weighted by molar-refractivity contribution is 5.83. The molecule has 24 heavy (non-hydrogen) atoms. The molecule has 2 aromatic rings. The van der Waals surface area contributed by atoms with E-state index in [4.69, 9.17) is 0 Å². The smallest absolute Gasteiger partial charge is 0.229 e. The van der Waals surface area contributed by atoms with Crippen molar-refractivity contribution >= 4 is 5.91 Å². The van der Waals surface area contributed by atoms with Gasteiger partial charge in [-0.1, -0.05) is 30.3 Å². The predicted molar refractivity (Wildman–Crippen MR) is 92.3 cm³/mol. The van der Waals surface area contributed by atoms with Crippen LogP contribution in [0.5, 0.6) is 0 Å². The van der Waals surface area contributed by atoms with Gasteiger partial charge < -0.3 is 14.6 Å². The molecule has 1 aromatic heterocycles. The Morgan fingerprint density at radius 2 is 1.92 bits per heavy atom. The summed E-state index contributed by atoms with van der Waals surface area (Å²) >= 11 is 0. The van der Waals surface area contributed by atoms with E-state index < -0.39 is 6.10 Å². The Hall–Kier alpha value is -2.14. The van der Waals surface area contributed by atoms with E-state index in [9.17, 15) is 9.90 Å². The SMILES string of the molecule is C[C@@H](C(=O)N1CCC([C@@H](O)c2nccn2C)CC1)c1ccccc1. The van der Waals surface area contributed by atoms with Crippen LogP contribution in [0.15, 0.2) is 42.7 Å². The zero-order valence-electron chi connectivity index (χ0n) is 14.3. The first-order valence-electron chi connectivity index (χ1n) is 8.57. The lowest BCUT2D eigenvalue weighted by Crippen LogP contribution is -2.41. The Morgan fingerprint density at radius 1 is 1.25 bits per heavy atom. The van der Waals surface area contributed by atoms with Crippen molar-refractivity contribution in [1.82, 2.24) is 14.5 Å². The van der Waals surface area contributed by atoms with Crippen molar-refractivity contribution in [3.63, 3.8) is 0 Å². The molecule has 3 rings (SSSR count). The molecular formula is C19H25N3O2. The second kappa shape index (κ2) is 7.18. The molecular weight excluding hydrogens is 302 g/mol. The van der Waals surface area contributed by atoms with Crippen LogP contribution in [0.3, 0.4) is 0 Å². The molecule has 0 radical (unpaired) electrons. The van der Waals surface area contributed by atoms with Crippen molar-refractivity contribution < 1.29 is 9.90 Å². The summed E-state index contributed by atoms with van der Waals surface area (Å²) in [5, 5.41) is 10.5. The van der Waals surface area contributed by atoms with Gasteiger partial charge in [-0.3, -0.25) is 4.79 Å². The normalized spacial score (nSPS) is 18.4. The highest BCUT2D eigenvalue weighted by Gasteiger charge is 2.31. The van der Waals surface area contributed by atoms with Crippen LogP contribution >= 0.6 is 0 Å². The van der Waals surface area contributed by atoms with E-state index >= 15 is 0 Å². The molecule has 0 unspecified atom stereocenters. The van der Waals surface area contributed by atoms with Crippen LogP contribution in [-0.4, -0.2) is 38.6 Å². The molecule has 1 N–H and O–H groups in total. The monoisotopic (exact) mass is 327 g/mol. The van der Waals surface area contributed by atoms with E-state index in [-0.39, 0.29) is 17.7 Å². The predicted octanol–water partition coefficient (Wildman–Crippen LogP) is 2.50. The van der Waals surface area contributed by atoms with Gasteiger partial charge in [-0.05, 0) is 31.2 Å². The lowest BCUT2D eigenvalue weighted by Gasteiger charge is -2.35. The van der Waals surface area contributed by atoms with Gasteiger partial charge in [0.05, 0.1) is 5.92 Å². The van der Waals surface area contributed by atoms with Crippen LogP contribution in [0, 0.1) is 5.92 Å². The fraction of sp³-hybridized carbons (Fsp3) is 0.474. The number of aromatic nitrogens is 2. The van der Waals surface area contributed by atoms with Gasteiger partial charge in [-0.2, -0.15) is 0 Å². The van der Waals surface area contributed by atoms with E-state index in [1.54, 1.807) is 6.20 Å². The van der Waals surface area contributed by atoms with E-state index in [1.165, 1.54) is 0 Å². The van der Waals surface area contributed by atoms with Gasteiger partial charge in [0.1, 0.15) is 11.9 Å². The molecule has 5 nitrogen and oxygen atoms in total. The molecule has 1 aliphatic heterocycles. The number of likely N-dealkylation sites (tertiary alicyclic amines) is 1. The van der Waals surface area contributed by atoms with Gasteiger partial charge in [0.25, 0.3) is 0 Å². The zero-order valence-corrected chi connectivity index (χ0v) is 14.3. The Kier molecular flexibility index (Phi) is 5.00. The molecule has 1 aromatic carbocycles. The summed E-state index contributed by atoms with van der Waals surface area (Å²) in [5.41, 5.74) is 1.05. The number of carbonyl (C=O) groups excluding carboxylic acids is 1. The second-order valence-electron chi connectivity index (χ2n) is 6.64. The first kappa shape index (κ1) is 16.7. The highest BCUT2D eigenvalue weighted by Crippen LogP contribution is 2.31. The summed E-state index contributed by atoms with van der Waals surface area (Å²) in [6, 6.07) is 9.90. The average molecular weight is 327 g/mol. The first-order chi connectivity index (χ1) is 11.6. The Morgan fingerprint density at radius 3 is 2.50 bits per heavy atom. The van der Waals surface area contributed by atoms with Crippen molar-refractivity contribution in [1.29, 1.82) is 0 Å². The first-order valence-corrected chi connectivity index (χ1v) is 8.57. The minimum atomic E-state index is -0.561. The minimum absolute atomic E-state index is 0.123. The Balaban J connectivity index is 1.59. The number of benzene rings is 1. The molecule has 2 atom stereocenters. The van der Waals surface area contributed by atoms with Gasteiger partial charge >= 0.3 is 0 Å². The van der Waals surface area contributed by atoms with Crippen molar-refractivity contribution in [2.45, 2.75) is 31.8 Å². The molecule has 1 aliphatic rings. The molecule has 1 fully saturated rings. The van der Waals surface area contributed by atoms with Gasteiger partial charge in [-0.25, -0.2) is 4.98 Å². The molecule has 0 aliphatic carbocycles. The van der Waals surface area contributed by atoms with Crippen LogP contribution in [0.25, 0.3) is 0 Å². The number of piperidine rings is 1. The number of amides is 1. The molecule has 1 saturated heterocycles. The minimum Gasteiger partial charge on any atom is -0.385 e. The quantitative estimate of drug-likeness (QED) is 0.938. The number of hydrogen-bond acceptors (Lipinski definition) is 3. The number of aryl methyl sites for hydroxylation is 1. The van der Waals surface area contributed by atoms with Crippen LogP contribution in [-0.2, 0) is 11.8 Å². The van der Waals surface area contributed by atoms with Crippen LogP contribution in [0.1, 0.15) is 43.2 Å². The van der Waals surface area contributed by atoms with E-state index in [2.05, 4.69) is 4.98 Å². The molecule has 0 saturated carbocycles. The Bertz CT molecular complexity index is 675. The van der Waals surface area contributed by atoms with Gasteiger partial charge in [0.15, 0.2) is 0 Å². The molecule has 5 heteroatoms. The largest absolute Gasteiger partial charge is 0.385 e. The maximum absolute atomic E-state index is 12.7. The lowest BCUT2D eigenvalue weighted by molar-refractivity contribution is -0.134. The van der Waals surface area contributed by atoms with Crippen LogP contribution < -0.4 is 0 Å². The molecule has 1 amide bonds. The van der Waals surface area contributed by atoms with E-state index in [0.717, 1.165) is 18.4 Å². The fourth-order valence-electron chi connectivity index (χ4n) is 3.47. The second-order valence-corrected chi connectivity index (χ2v) is 6.64. The molecule has 2 heterocycles. The third kappa shape index (κ3) is 3.36. The summed E-state index contributed by atoms with van der Waals surface area (Å²) in [5.74, 6) is 0.910. The topological polar surface area (TPSA) is 58.4 Å². The van der Waals surface area contributed by atoms with Crippen molar-refractivity contribution in [3.8, 4) is 0 Å². The van der Waals surface area contributed by atoms with E-state index in [0.29, 0.717) is 18.9 Å². The number of aliphatic hydroxyl groups excluding tert-OH is 1. The zero-order chi connectivity index (χ0) is 17.1. The summed E-state index contributed by atoms with van der Waals surface area (Å²) in [6.45, 7) is 3.36. The summed E-state index contributed by atoms with van der Waals surface area (Å²) < 4.78 is 1.86. The van der Waals surface area contributed by atoms with Gasteiger partial charge in [0.2, 0.25) is 5.91 Å². The van der Waals surface area contributed by atoms with Crippen molar-refractivity contribution in [3.05, 3.63) is 54.1 Å². The number of rotatable bonds is 4. The number of carbonyl (C=O) groups is 1. The number of nitrogens with zero attached hydrogens (tertiary/aromatic N) is 3. The van der Waals surface area contributed by atoms with Crippen molar-refractivity contribution in [2.75, 3.05) is 13.1 Å². The highest BCUT2D eigenvalue weighted by atomic mass is 16.3. The molecule has 0 spiro atoms. The summed E-state index contributed by atoms with van der Waals surface area (Å²) in [4.78, 5) is 18.9. The van der Waals surface area contributed by atoms with E-state index in [1.807, 2.05) is 60.0 Å². The number of aliphatic hydroxyl groups is 1. The summed E-state index contributed by atoms with van der Waals surface area (Å²) in [7, 11) is 1.89. The molecule has 0 bridgehead atoms. The van der Waals surface area contributed by atoms with Gasteiger partial charge in [0, 0.05) is 32.5 Å². The fourth-order valence-corrected chi connectivity index (χ4v) is 3.47. The third-order valence-corrected chi connectivity index (χ3v) is 5.09.